The van der Waals surface area contributed by atoms with Gasteiger partial charge in [-0.2, -0.15) is 0 Å². The molecule has 1 fully saturated rings. The predicted molar refractivity (Wildman–Crippen MR) is 78.1 cm³/mol. The van der Waals surface area contributed by atoms with Gasteiger partial charge in [0.15, 0.2) is 0 Å². The first kappa shape index (κ1) is 14.0. The summed E-state index contributed by atoms with van der Waals surface area (Å²) >= 11 is 1.91. The van der Waals surface area contributed by atoms with Crippen molar-refractivity contribution in [2.45, 2.75) is 71.8 Å². The lowest BCUT2D eigenvalue weighted by atomic mass is 10.2. The van der Waals surface area contributed by atoms with Crippen LogP contribution in [0.15, 0.2) is 6.07 Å². The first-order valence-corrected chi connectivity index (χ1v) is 7.94. The molecular formula is C15H25NOS. The normalized spacial score (nSPS) is 17.1. The fraction of sp³-hybridized carbons (Fsp3) is 0.733. The van der Waals surface area contributed by atoms with Gasteiger partial charge in [-0.15, -0.1) is 11.3 Å². The van der Waals surface area contributed by atoms with Crippen LogP contribution in [0.5, 0.6) is 0 Å². The van der Waals surface area contributed by atoms with Crippen molar-refractivity contribution in [1.29, 1.82) is 0 Å². The predicted octanol–water partition coefficient (Wildman–Crippen LogP) is 4.01. The molecule has 3 heteroatoms. The highest BCUT2D eigenvalue weighted by atomic mass is 32.1. The fourth-order valence-electron chi connectivity index (χ4n) is 2.07. The highest BCUT2D eigenvalue weighted by Crippen LogP contribution is 2.25. The maximum absolute atomic E-state index is 5.89. The van der Waals surface area contributed by atoms with E-state index in [1.807, 2.05) is 11.3 Å². The van der Waals surface area contributed by atoms with E-state index >= 15 is 0 Å². The number of aryl methyl sites for hydroxylation is 1. The summed E-state index contributed by atoms with van der Waals surface area (Å²) in [4.78, 5) is 2.85. The molecule has 1 aliphatic carbocycles. The minimum atomic E-state index is 0.377. The zero-order chi connectivity index (χ0) is 13.0. The van der Waals surface area contributed by atoms with E-state index in [-0.39, 0.29) is 0 Å². The summed E-state index contributed by atoms with van der Waals surface area (Å²) in [6.45, 7) is 8.38. The van der Waals surface area contributed by atoms with Crippen molar-refractivity contribution in [1.82, 2.24) is 5.32 Å². The number of hydrogen-bond donors (Lipinski definition) is 1. The van der Waals surface area contributed by atoms with Crippen LogP contribution in [-0.2, 0) is 17.9 Å². The lowest BCUT2D eigenvalue weighted by molar-refractivity contribution is 0.0471. The van der Waals surface area contributed by atoms with Gasteiger partial charge in [-0.1, -0.05) is 13.3 Å². The van der Waals surface area contributed by atoms with Gasteiger partial charge in [-0.3, -0.25) is 0 Å². The van der Waals surface area contributed by atoms with Crippen molar-refractivity contribution in [3.05, 3.63) is 21.4 Å². The van der Waals surface area contributed by atoms with Crippen LogP contribution in [0.1, 0.15) is 54.8 Å². The maximum atomic E-state index is 5.89. The smallest absolute Gasteiger partial charge is 0.0731 e. The molecule has 102 valence electrons. The summed E-state index contributed by atoms with van der Waals surface area (Å²) in [6.07, 6.45) is 5.44. The van der Waals surface area contributed by atoms with Crippen LogP contribution >= 0.6 is 11.3 Å². The molecule has 0 aromatic carbocycles. The number of hydrogen-bond acceptors (Lipinski definition) is 3. The Kier molecular flexibility index (Phi) is 5.22. The number of nitrogens with one attached hydrogen (secondary N) is 1. The molecule has 0 aliphatic heterocycles. The summed E-state index contributed by atoms with van der Waals surface area (Å²) < 4.78 is 5.89. The van der Waals surface area contributed by atoms with E-state index in [4.69, 9.17) is 4.74 Å². The second-order valence-electron chi connectivity index (χ2n) is 5.36. The molecule has 1 aliphatic rings. The third-order valence-corrected chi connectivity index (χ3v) is 4.53. The van der Waals surface area contributed by atoms with E-state index < -0.39 is 0 Å². The summed E-state index contributed by atoms with van der Waals surface area (Å²) in [5, 5.41) is 3.57. The lowest BCUT2D eigenvalue weighted by Gasteiger charge is -2.11. The Morgan fingerprint density at radius 2 is 2.28 bits per heavy atom. The van der Waals surface area contributed by atoms with E-state index in [1.165, 1.54) is 34.6 Å². The Morgan fingerprint density at radius 3 is 2.94 bits per heavy atom. The Hall–Kier alpha value is -0.380. The molecule has 1 atom stereocenters. The summed E-state index contributed by atoms with van der Waals surface area (Å²) in [5.41, 5.74) is 1.37. The van der Waals surface area contributed by atoms with Crippen molar-refractivity contribution in [2.24, 2.45) is 0 Å². The van der Waals surface area contributed by atoms with Gasteiger partial charge >= 0.3 is 0 Å². The Labute approximate surface area is 115 Å². The van der Waals surface area contributed by atoms with Crippen LogP contribution in [0.2, 0.25) is 0 Å². The lowest BCUT2D eigenvalue weighted by Crippen LogP contribution is -2.14. The molecule has 18 heavy (non-hydrogen) atoms. The van der Waals surface area contributed by atoms with Gasteiger partial charge < -0.3 is 10.1 Å². The first-order valence-electron chi connectivity index (χ1n) is 7.12. The monoisotopic (exact) mass is 267 g/mol. The van der Waals surface area contributed by atoms with Gasteiger partial charge in [0.05, 0.1) is 12.7 Å². The molecule has 0 amide bonds. The zero-order valence-corrected chi connectivity index (χ0v) is 12.6. The van der Waals surface area contributed by atoms with Gasteiger partial charge in [0, 0.05) is 22.3 Å². The van der Waals surface area contributed by atoms with Gasteiger partial charge in [-0.25, -0.2) is 0 Å². The molecule has 1 saturated carbocycles. The van der Waals surface area contributed by atoms with Crippen molar-refractivity contribution in [3.63, 3.8) is 0 Å². The van der Waals surface area contributed by atoms with Crippen LogP contribution in [0.3, 0.4) is 0 Å². The topological polar surface area (TPSA) is 21.3 Å². The molecule has 0 saturated heterocycles. The quantitative estimate of drug-likeness (QED) is 0.768. The molecule has 0 spiro atoms. The number of ether oxygens (including phenoxy) is 1. The van der Waals surface area contributed by atoms with Gasteiger partial charge in [0.25, 0.3) is 0 Å². The van der Waals surface area contributed by atoms with Crippen LogP contribution < -0.4 is 5.32 Å². The van der Waals surface area contributed by atoms with Crippen molar-refractivity contribution >= 4 is 11.3 Å². The number of rotatable bonds is 8. The highest BCUT2D eigenvalue weighted by molar-refractivity contribution is 7.12. The van der Waals surface area contributed by atoms with E-state index in [0.717, 1.165) is 25.6 Å². The molecule has 2 rings (SSSR count). The third-order valence-electron chi connectivity index (χ3n) is 3.43. The molecule has 1 heterocycles. The van der Waals surface area contributed by atoms with E-state index in [2.05, 4.69) is 32.2 Å². The molecule has 1 unspecified atom stereocenters. The summed E-state index contributed by atoms with van der Waals surface area (Å²) in [5.74, 6) is 0. The minimum Gasteiger partial charge on any atom is -0.374 e. The average Bonchev–Trinajstić information content (AvgIpc) is 3.09. The Morgan fingerprint density at radius 1 is 1.50 bits per heavy atom. The average molecular weight is 267 g/mol. The SMILES string of the molecule is CCCC(C)OCc1cc(CNC2CC2)sc1C. The standard InChI is InChI=1S/C15H25NOS/c1-4-5-11(2)17-10-13-8-15(18-12(13)3)9-16-14-6-7-14/h8,11,14,16H,4-7,9-10H2,1-3H3. The van der Waals surface area contributed by atoms with Crippen LogP contribution in [0, 0.1) is 6.92 Å². The van der Waals surface area contributed by atoms with Gasteiger partial charge in [0.1, 0.15) is 0 Å². The van der Waals surface area contributed by atoms with Gasteiger partial charge in [0.2, 0.25) is 0 Å². The zero-order valence-electron chi connectivity index (χ0n) is 11.8. The van der Waals surface area contributed by atoms with Crippen molar-refractivity contribution in [2.75, 3.05) is 0 Å². The largest absolute Gasteiger partial charge is 0.374 e. The van der Waals surface area contributed by atoms with E-state index in [1.54, 1.807) is 0 Å². The summed E-state index contributed by atoms with van der Waals surface area (Å²) in [7, 11) is 0. The van der Waals surface area contributed by atoms with Crippen molar-refractivity contribution in [3.8, 4) is 0 Å². The molecule has 0 bridgehead atoms. The van der Waals surface area contributed by atoms with Crippen molar-refractivity contribution < 1.29 is 4.74 Å². The fourth-order valence-corrected chi connectivity index (χ4v) is 3.07. The second kappa shape index (κ2) is 6.69. The van der Waals surface area contributed by atoms with E-state index in [9.17, 15) is 0 Å². The molecule has 1 aromatic rings. The molecule has 2 nitrogen and oxygen atoms in total. The Balaban J connectivity index is 1.79. The minimum absolute atomic E-state index is 0.377. The molecule has 1 N–H and O–H groups in total. The van der Waals surface area contributed by atoms with Crippen LogP contribution in [0.4, 0.5) is 0 Å². The Bertz CT molecular complexity index is 371. The van der Waals surface area contributed by atoms with Crippen LogP contribution in [0.25, 0.3) is 0 Å². The second-order valence-corrected chi connectivity index (χ2v) is 6.70. The number of thiophene rings is 1. The summed E-state index contributed by atoms with van der Waals surface area (Å²) in [6, 6.07) is 3.10. The highest BCUT2D eigenvalue weighted by Gasteiger charge is 2.20. The molecule has 1 aromatic heterocycles. The third kappa shape index (κ3) is 4.38. The molecular weight excluding hydrogens is 242 g/mol. The molecule has 0 radical (unpaired) electrons. The van der Waals surface area contributed by atoms with E-state index in [0.29, 0.717) is 6.10 Å². The van der Waals surface area contributed by atoms with Crippen LogP contribution in [-0.4, -0.2) is 12.1 Å². The maximum Gasteiger partial charge on any atom is 0.0731 e. The first-order chi connectivity index (χ1) is 8.69. The van der Waals surface area contributed by atoms with Gasteiger partial charge in [-0.05, 0) is 44.7 Å².